The van der Waals surface area contributed by atoms with Crippen LogP contribution in [0.3, 0.4) is 0 Å². The first-order chi connectivity index (χ1) is 5.00. The van der Waals surface area contributed by atoms with Crippen molar-refractivity contribution in [2.24, 2.45) is 11.5 Å². The van der Waals surface area contributed by atoms with E-state index in [0.29, 0.717) is 13.0 Å². The number of nitrogens with two attached hydrogens (primary N) is 2. The lowest BCUT2D eigenvalue weighted by Gasteiger charge is -2.11. The first kappa shape index (κ1) is 10.1. The zero-order chi connectivity index (χ0) is 8.91. The number of aliphatic carboxylic acids is 1. The molecule has 0 aromatic carbocycles. The Labute approximate surface area is 64.3 Å². The van der Waals surface area contributed by atoms with Gasteiger partial charge in [-0.15, -0.1) is 0 Å². The number of carboxylic acids is 1. The SMILES string of the molecule is NCC/C=C/C(N)(O)C(=O)O. The quantitative estimate of drug-likeness (QED) is 0.299. The van der Waals surface area contributed by atoms with E-state index < -0.39 is 11.7 Å². The molecule has 0 bridgehead atoms. The molecule has 0 amide bonds. The molecule has 0 heterocycles. The maximum atomic E-state index is 10.2. The highest BCUT2D eigenvalue weighted by atomic mass is 16.4. The molecular weight excluding hydrogens is 148 g/mol. The van der Waals surface area contributed by atoms with E-state index in [1.807, 2.05) is 0 Å². The second kappa shape index (κ2) is 4.07. The maximum Gasteiger partial charge on any atom is 0.355 e. The van der Waals surface area contributed by atoms with E-state index in [1.54, 1.807) is 0 Å². The van der Waals surface area contributed by atoms with Crippen LogP contribution in [0.4, 0.5) is 0 Å². The fourth-order valence-corrected chi connectivity index (χ4v) is 0.431. The molecule has 0 saturated heterocycles. The Morgan fingerprint density at radius 3 is 2.55 bits per heavy atom. The Hall–Kier alpha value is -0.910. The Bertz CT molecular complexity index is 165. The van der Waals surface area contributed by atoms with Gasteiger partial charge in [-0.1, -0.05) is 6.08 Å². The molecule has 6 N–H and O–H groups in total. The van der Waals surface area contributed by atoms with Crippen LogP contribution in [0, 0.1) is 0 Å². The van der Waals surface area contributed by atoms with Gasteiger partial charge in [0.1, 0.15) is 0 Å². The van der Waals surface area contributed by atoms with Crippen LogP contribution in [0.25, 0.3) is 0 Å². The summed E-state index contributed by atoms with van der Waals surface area (Å²) in [4.78, 5) is 10.2. The van der Waals surface area contributed by atoms with Crippen LogP contribution in [0.1, 0.15) is 6.42 Å². The van der Waals surface area contributed by atoms with E-state index in [-0.39, 0.29) is 0 Å². The predicted molar refractivity (Wildman–Crippen MR) is 39.6 cm³/mol. The normalized spacial score (nSPS) is 16.6. The number of hydrogen-bond donors (Lipinski definition) is 4. The van der Waals surface area contributed by atoms with Crippen molar-refractivity contribution in [3.8, 4) is 0 Å². The second-order valence-corrected chi connectivity index (χ2v) is 2.11. The molecule has 0 rings (SSSR count). The van der Waals surface area contributed by atoms with E-state index in [1.165, 1.54) is 6.08 Å². The number of carboxylic acid groups (broad SMARTS) is 1. The summed E-state index contributed by atoms with van der Waals surface area (Å²) in [5.74, 6) is -1.48. The molecule has 11 heavy (non-hydrogen) atoms. The summed E-state index contributed by atoms with van der Waals surface area (Å²) >= 11 is 0. The zero-order valence-electron chi connectivity index (χ0n) is 6.03. The summed E-state index contributed by atoms with van der Waals surface area (Å²) in [6.45, 7) is 0.395. The van der Waals surface area contributed by atoms with Crippen molar-refractivity contribution in [3.63, 3.8) is 0 Å². The lowest BCUT2D eigenvalue weighted by Crippen LogP contribution is -2.45. The minimum atomic E-state index is -2.27. The van der Waals surface area contributed by atoms with Gasteiger partial charge in [-0.05, 0) is 19.0 Å². The van der Waals surface area contributed by atoms with E-state index >= 15 is 0 Å². The number of carbonyl (C=O) groups is 1. The maximum absolute atomic E-state index is 10.2. The average Bonchev–Trinajstić information content (AvgIpc) is 1.88. The smallest absolute Gasteiger partial charge is 0.355 e. The van der Waals surface area contributed by atoms with Crippen molar-refractivity contribution in [2.45, 2.75) is 12.1 Å². The highest BCUT2D eigenvalue weighted by molar-refractivity contribution is 5.78. The van der Waals surface area contributed by atoms with Gasteiger partial charge < -0.3 is 15.9 Å². The van der Waals surface area contributed by atoms with Crippen molar-refractivity contribution in [3.05, 3.63) is 12.2 Å². The topological polar surface area (TPSA) is 110 Å². The first-order valence-corrected chi connectivity index (χ1v) is 3.13. The standard InChI is InChI=1S/C6H12N2O3/c7-4-2-1-3-6(8,11)5(9)10/h1,3,11H,2,4,7-8H2,(H,9,10)/b3-1+. The lowest BCUT2D eigenvalue weighted by molar-refractivity contribution is -0.152. The van der Waals surface area contributed by atoms with E-state index in [2.05, 4.69) is 0 Å². The molecule has 0 saturated carbocycles. The van der Waals surface area contributed by atoms with E-state index in [9.17, 15) is 4.79 Å². The minimum Gasteiger partial charge on any atom is -0.478 e. The molecule has 5 nitrogen and oxygen atoms in total. The minimum absolute atomic E-state index is 0.395. The number of hydrogen-bond acceptors (Lipinski definition) is 4. The molecule has 0 aliphatic rings. The van der Waals surface area contributed by atoms with Crippen LogP contribution in [-0.2, 0) is 4.79 Å². The van der Waals surface area contributed by atoms with Crippen molar-refractivity contribution < 1.29 is 15.0 Å². The highest BCUT2D eigenvalue weighted by Gasteiger charge is 2.26. The van der Waals surface area contributed by atoms with Gasteiger partial charge in [0.15, 0.2) is 0 Å². The summed E-state index contributed by atoms with van der Waals surface area (Å²) in [7, 11) is 0. The lowest BCUT2D eigenvalue weighted by atomic mass is 10.2. The van der Waals surface area contributed by atoms with Gasteiger partial charge >= 0.3 is 5.97 Å². The third-order valence-electron chi connectivity index (χ3n) is 1.05. The van der Waals surface area contributed by atoms with Crippen LogP contribution >= 0.6 is 0 Å². The molecule has 5 heteroatoms. The van der Waals surface area contributed by atoms with Gasteiger partial charge in [0.2, 0.25) is 5.72 Å². The van der Waals surface area contributed by atoms with Crippen LogP contribution in [0.15, 0.2) is 12.2 Å². The summed E-state index contributed by atoms with van der Waals surface area (Å²) in [6, 6.07) is 0. The van der Waals surface area contributed by atoms with Crippen LogP contribution in [0.5, 0.6) is 0 Å². The Balaban J connectivity index is 4.00. The van der Waals surface area contributed by atoms with Crippen LogP contribution in [0.2, 0.25) is 0 Å². The van der Waals surface area contributed by atoms with Crippen LogP contribution in [-0.4, -0.2) is 28.5 Å². The monoisotopic (exact) mass is 160 g/mol. The summed E-state index contributed by atoms with van der Waals surface area (Å²) in [5, 5.41) is 17.2. The highest BCUT2D eigenvalue weighted by Crippen LogP contribution is 1.97. The fourth-order valence-electron chi connectivity index (χ4n) is 0.431. The van der Waals surface area contributed by atoms with Crippen LogP contribution < -0.4 is 11.5 Å². The fraction of sp³-hybridized carbons (Fsp3) is 0.500. The molecule has 0 aromatic heterocycles. The summed E-state index contributed by atoms with van der Waals surface area (Å²) in [6.07, 6.45) is 2.92. The van der Waals surface area contributed by atoms with Gasteiger partial charge in [0, 0.05) is 0 Å². The molecule has 64 valence electrons. The molecule has 0 spiro atoms. The molecular formula is C6H12N2O3. The van der Waals surface area contributed by atoms with Gasteiger partial charge in [-0.25, -0.2) is 4.79 Å². The Kier molecular flexibility index (Phi) is 3.73. The molecule has 0 fully saturated rings. The molecule has 0 aliphatic carbocycles. The molecule has 0 aromatic rings. The van der Waals surface area contributed by atoms with Gasteiger partial charge in [0.25, 0.3) is 0 Å². The third-order valence-corrected chi connectivity index (χ3v) is 1.05. The van der Waals surface area contributed by atoms with Crippen molar-refractivity contribution in [1.82, 2.24) is 0 Å². The molecule has 0 aliphatic heterocycles. The molecule has 1 atom stereocenters. The van der Waals surface area contributed by atoms with Gasteiger partial charge in [-0.2, -0.15) is 0 Å². The zero-order valence-corrected chi connectivity index (χ0v) is 6.03. The number of aliphatic hydroxyl groups is 1. The summed E-state index contributed by atoms with van der Waals surface area (Å²) in [5.41, 5.74) is 7.77. The molecule has 0 radical (unpaired) electrons. The van der Waals surface area contributed by atoms with Crippen molar-refractivity contribution >= 4 is 5.97 Å². The predicted octanol–water partition coefficient (Wildman–Crippen LogP) is -1.38. The Morgan fingerprint density at radius 2 is 2.18 bits per heavy atom. The first-order valence-electron chi connectivity index (χ1n) is 3.13. The number of rotatable bonds is 4. The van der Waals surface area contributed by atoms with Gasteiger partial charge in [-0.3, -0.25) is 5.73 Å². The van der Waals surface area contributed by atoms with Crippen molar-refractivity contribution in [1.29, 1.82) is 0 Å². The second-order valence-electron chi connectivity index (χ2n) is 2.11. The van der Waals surface area contributed by atoms with Gasteiger partial charge in [0.05, 0.1) is 0 Å². The average molecular weight is 160 g/mol. The largest absolute Gasteiger partial charge is 0.478 e. The van der Waals surface area contributed by atoms with E-state index in [4.69, 9.17) is 21.7 Å². The molecule has 1 unspecified atom stereocenters. The Morgan fingerprint density at radius 1 is 1.64 bits per heavy atom. The summed E-state index contributed by atoms with van der Waals surface area (Å²) < 4.78 is 0. The third kappa shape index (κ3) is 3.72. The van der Waals surface area contributed by atoms with E-state index in [0.717, 1.165) is 6.08 Å². The van der Waals surface area contributed by atoms with Crippen molar-refractivity contribution in [2.75, 3.05) is 6.54 Å².